The number of carboxylic acid groups (broad SMARTS) is 1. The smallest absolute Gasteiger partial charge is 0.328 e. The normalized spacial score (nSPS) is 11.9. The summed E-state index contributed by atoms with van der Waals surface area (Å²) in [6, 6.07) is 4.54. The fourth-order valence-corrected chi connectivity index (χ4v) is 2.47. The van der Waals surface area contributed by atoms with E-state index in [4.69, 9.17) is 33.4 Å². The number of pyridine rings is 1. The Morgan fingerprint density at radius 2 is 1.96 bits per heavy atom. The zero-order valence-corrected chi connectivity index (χ0v) is 13.7. The topological polar surface area (TPSA) is 140 Å². The van der Waals surface area contributed by atoms with E-state index in [-0.39, 0.29) is 22.4 Å². The molecule has 2 heterocycles. The van der Waals surface area contributed by atoms with Gasteiger partial charge in [-0.2, -0.15) is 0 Å². The Hall–Kier alpha value is -3.41. The lowest BCUT2D eigenvalue weighted by Crippen LogP contribution is -2.39. The Bertz CT molecular complexity index is 1080. The maximum absolute atomic E-state index is 12.3. The van der Waals surface area contributed by atoms with Crippen LogP contribution in [0.3, 0.4) is 0 Å². The van der Waals surface area contributed by atoms with E-state index in [9.17, 15) is 14.7 Å². The highest BCUT2D eigenvalue weighted by Gasteiger charge is 2.30. The molecule has 0 saturated heterocycles. The van der Waals surface area contributed by atoms with Gasteiger partial charge in [0.15, 0.2) is 23.2 Å². The van der Waals surface area contributed by atoms with Crippen molar-refractivity contribution in [3.8, 4) is 29.4 Å². The van der Waals surface area contributed by atoms with Crippen molar-refractivity contribution in [2.24, 2.45) is 5.73 Å². The van der Waals surface area contributed by atoms with Gasteiger partial charge in [0, 0.05) is 10.6 Å². The van der Waals surface area contributed by atoms with Crippen LogP contribution >= 0.6 is 11.6 Å². The van der Waals surface area contributed by atoms with Gasteiger partial charge in [0.05, 0.1) is 5.39 Å². The van der Waals surface area contributed by atoms with Crippen LogP contribution in [0.4, 0.5) is 0 Å². The van der Waals surface area contributed by atoms with Gasteiger partial charge >= 0.3 is 5.97 Å². The van der Waals surface area contributed by atoms with Crippen LogP contribution in [0.25, 0.3) is 22.2 Å². The van der Waals surface area contributed by atoms with Gasteiger partial charge in [-0.05, 0) is 18.1 Å². The molecule has 3 aromatic rings. The number of Topliss-reactive ketones (excluding diaryl/α,β-unsaturated/α-hetero) is 1. The fraction of sp³-hybridized carbons (Fsp3) is 0.0588. The van der Waals surface area contributed by atoms with Crippen LogP contribution in [0.2, 0.25) is 5.02 Å². The number of aliphatic carboxylic acids is 1. The van der Waals surface area contributed by atoms with Crippen molar-refractivity contribution in [3.63, 3.8) is 0 Å². The molecular formula is C17H10ClN3O5. The maximum Gasteiger partial charge on any atom is 0.328 e. The minimum absolute atomic E-state index is 0.0182. The predicted octanol–water partition coefficient (Wildman–Crippen LogP) is 1.82. The molecule has 0 bridgehead atoms. The number of rotatable bonds is 4. The molecule has 0 fully saturated rings. The quantitative estimate of drug-likeness (QED) is 0.358. The molecule has 130 valence electrons. The summed E-state index contributed by atoms with van der Waals surface area (Å²) in [4.78, 5) is 27.1. The first kappa shape index (κ1) is 17.4. The van der Waals surface area contributed by atoms with E-state index in [2.05, 4.69) is 16.1 Å². The molecule has 1 unspecified atom stereocenters. The summed E-state index contributed by atoms with van der Waals surface area (Å²) in [7, 11) is 0. The number of terminal acetylenes is 1. The molecule has 1 aromatic carbocycles. The van der Waals surface area contributed by atoms with Crippen molar-refractivity contribution in [1.82, 2.24) is 10.1 Å². The number of benzene rings is 1. The van der Waals surface area contributed by atoms with Crippen LogP contribution in [-0.2, 0) is 4.79 Å². The number of hydrogen-bond acceptors (Lipinski definition) is 7. The predicted molar refractivity (Wildman–Crippen MR) is 91.8 cm³/mol. The number of carboxylic acids is 1. The molecule has 0 spiro atoms. The third kappa shape index (κ3) is 2.75. The first-order chi connectivity index (χ1) is 12.3. The summed E-state index contributed by atoms with van der Waals surface area (Å²) in [5, 5.41) is 23.8. The Balaban J connectivity index is 2.30. The third-order valence-corrected chi connectivity index (χ3v) is 3.88. The first-order valence-corrected chi connectivity index (χ1v) is 7.50. The molecule has 0 radical (unpaired) electrons. The van der Waals surface area contributed by atoms with Crippen LogP contribution in [0.1, 0.15) is 16.2 Å². The highest BCUT2D eigenvalue weighted by molar-refractivity contribution is 6.30. The van der Waals surface area contributed by atoms with Gasteiger partial charge in [-0.15, -0.1) is 6.42 Å². The van der Waals surface area contributed by atoms with Crippen LogP contribution in [0.15, 0.2) is 28.8 Å². The average Bonchev–Trinajstić information content (AvgIpc) is 3.07. The van der Waals surface area contributed by atoms with Crippen LogP contribution in [0.5, 0.6) is 5.75 Å². The van der Waals surface area contributed by atoms with Crippen molar-refractivity contribution in [1.29, 1.82) is 0 Å². The number of carbonyl (C=O) groups excluding carboxylic acids is 1. The number of nitrogens with zero attached hydrogens (tertiary/aromatic N) is 2. The average molecular weight is 372 g/mol. The highest BCUT2D eigenvalue weighted by atomic mass is 35.5. The zero-order chi connectivity index (χ0) is 19.0. The van der Waals surface area contributed by atoms with Gasteiger partial charge in [0.25, 0.3) is 0 Å². The Labute approximate surface area is 151 Å². The molecule has 0 amide bonds. The zero-order valence-electron chi connectivity index (χ0n) is 12.9. The second-order valence-electron chi connectivity index (χ2n) is 5.22. The molecule has 4 N–H and O–H groups in total. The fourth-order valence-electron chi connectivity index (χ4n) is 2.34. The van der Waals surface area contributed by atoms with E-state index >= 15 is 0 Å². The number of hydrogen-bond donors (Lipinski definition) is 3. The Morgan fingerprint density at radius 1 is 1.31 bits per heavy atom. The maximum atomic E-state index is 12.3. The lowest BCUT2D eigenvalue weighted by molar-refractivity contribution is -0.137. The summed E-state index contributed by atoms with van der Waals surface area (Å²) in [5.41, 5.74) is 5.34. The summed E-state index contributed by atoms with van der Waals surface area (Å²) >= 11 is 5.86. The van der Waals surface area contributed by atoms with E-state index in [0.717, 1.165) is 0 Å². The lowest BCUT2D eigenvalue weighted by Gasteiger charge is -2.08. The van der Waals surface area contributed by atoms with Gasteiger partial charge in [0.1, 0.15) is 5.69 Å². The minimum atomic E-state index is -1.91. The van der Waals surface area contributed by atoms with Crippen molar-refractivity contribution in [2.75, 3.05) is 0 Å². The molecule has 9 heteroatoms. The molecule has 26 heavy (non-hydrogen) atoms. The van der Waals surface area contributed by atoms with Crippen molar-refractivity contribution >= 4 is 34.3 Å². The second kappa shape index (κ2) is 6.48. The summed E-state index contributed by atoms with van der Waals surface area (Å²) < 4.78 is 5.17. The van der Waals surface area contributed by atoms with Crippen molar-refractivity contribution in [2.45, 2.75) is 6.04 Å². The SMILES string of the molecule is C#Cc1nc(C(=O)C(N)C(=O)O)c(O)c2c(-c3ccc(Cl)cc3)noc12. The Morgan fingerprint density at radius 3 is 2.54 bits per heavy atom. The second-order valence-corrected chi connectivity index (χ2v) is 5.66. The molecule has 1 atom stereocenters. The molecule has 8 nitrogen and oxygen atoms in total. The van der Waals surface area contributed by atoms with E-state index in [1.165, 1.54) is 0 Å². The van der Waals surface area contributed by atoms with Crippen molar-refractivity contribution in [3.05, 3.63) is 40.7 Å². The number of nitrogens with two attached hydrogens (primary N) is 1. The highest BCUT2D eigenvalue weighted by Crippen LogP contribution is 2.37. The first-order valence-electron chi connectivity index (χ1n) is 7.12. The van der Waals surface area contributed by atoms with Crippen LogP contribution in [-0.4, -0.2) is 38.1 Å². The number of fused-ring (bicyclic) bond motifs is 1. The Kier molecular flexibility index (Phi) is 4.34. The monoisotopic (exact) mass is 371 g/mol. The van der Waals surface area contributed by atoms with Gasteiger partial charge < -0.3 is 20.5 Å². The number of aromatic hydroxyl groups is 1. The largest absolute Gasteiger partial charge is 0.505 e. The van der Waals surface area contributed by atoms with E-state index in [0.29, 0.717) is 10.6 Å². The van der Waals surface area contributed by atoms with E-state index < -0.39 is 29.2 Å². The van der Waals surface area contributed by atoms with Crippen LogP contribution in [0, 0.1) is 12.3 Å². The molecule has 0 aliphatic carbocycles. The van der Waals surface area contributed by atoms with E-state index in [1.54, 1.807) is 24.3 Å². The third-order valence-electron chi connectivity index (χ3n) is 3.63. The molecule has 0 aliphatic rings. The van der Waals surface area contributed by atoms with Gasteiger partial charge in [-0.3, -0.25) is 9.59 Å². The summed E-state index contributed by atoms with van der Waals surface area (Å²) in [6.45, 7) is 0. The number of aromatic nitrogens is 2. The molecule has 0 aliphatic heterocycles. The summed E-state index contributed by atoms with van der Waals surface area (Å²) in [6.07, 6.45) is 5.38. The molecule has 3 rings (SSSR count). The van der Waals surface area contributed by atoms with Crippen LogP contribution < -0.4 is 5.73 Å². The number of halogens is 1. The standard InChI is InChI=1S/C17H10ClN3O5/c1-2-9-16-10(12(21-26-16)7-3-5-8(18)6-4-7)14(22)13(20-9)15(23)11(19)17(24)25/h1,3-6,11,22H,19H2,(H,24,25). The summed E-state index contributed by atoms with van der Waals surface area (Å²) in [5.74, 6) is -1.07. The van der Waals surface area contributed by atoms with Crippen molar-refractivity contribution < 1.29 is 24.3 Å². The number of carbonyl (C=O) groups is 2. The lowest BCUT2D eigenvalue weighted by atomic mass is 10.0. The number of ketones is 1. The molecule has 0 saturated carbocycles. The minimum Gasteiger partial charge on any atom is -0.505 e. The van der Waals surface area contributed by atoms with Gasteiger partial charge in [0.2, 0.25) is 11.4 Å². The molecular weight excluding hydrogens is 362 g/mol. The molecule has 2 aromatic heterocycles. The van der Waals surface area contributed by atoms with E-state index in [1.807, 2.05) is 0 Å². The van der Waals surface area contributed by atoms with Gasteiger partial charge in [-0.1, -0.05) is 28.9 Å². The van der Waals surface area contributed by atoms with Gasteiger partial charge in [-0.25, -0.2) is 4.98 Å².